The monoisotopic (exact) mass is 564 g/mol. The summed E-state index contributed by atoms with van der Waals surface area (Å²) in [4.78, 5) is 8.63. The third kappa shape index (κ3) is 9.29. The molecule has 8 nitrogen and oxygen atoms in total. The van der Waals surface area contributed by atoms with Gasteiger partial charge in [0.2, 0.25) is 5.88 Å². The van der Waals surface area contributed by atoms with Gasteiger partial charge in [0.15, 0.2) is 5.96 Å². The molecule has 0 saturated carbocycles. The molecule has 3 rings (SSSR count). The van der Waals surface area contributed by atoms with Crippen LogP contribution in [0.1, 0.15) is 23.4 Å². The molecule has 0 spiro atoms. The maximum atomic E-state index is 5.64. The topological polar surface area (TPSA) is 85.6 Å². The van der Waals surface area contributed by atoms with Crippen LogP contribution in [0.25, 0.3) is 0 Å². The minimum absolute atomic E-state index is 0. The Morgan fingerprint density at radius 2 is 1.82 bits per heavy atom. The van der Waals surface area contributed by atoms with Gasteiger partial charge >= 0.3 is 0 Å². The number of aromatic nitrogens is 3. The molecule has 0 aliphatic rings. The number of hydrogen-bond donors (Lipinski definition) is 2. The Morgan fingerprint density at radius 3 is 2.48 bits per heavy atom. The molecule has 0 radical (unpaired) electrons. The molecule has 0 aliphatic carbocycles. The second-order valence-electron chi connectivity index (χ2n) is 7.37. The van der Waals surface area contributed by atoms with Crippen LogP contribution in [-0.2, 0) is 13.1 Å². The van der Waals surface area contributed by atoms with E-state index in [9.17, 15) is 0 Å². The summed E-state index contributed by atoms with van der Waals surface area (Å²) in [6.45, 7) is 7.32. The number of aliphatic imine (C=N–C) groups is 1. The Labute approximate surface area is 212 Å². The number of nitrogens with zero attached hydrogens (tertiary/aromatic N) is 4. The lowest BCUT2D eigenvalue weighted by Crippen LogP contribution is -2.37. The van der Waals surface area contributed by atoms with Crippen molar-refractivity contribution in [2.75, 3.05) is 26.8 Å². The predicted molar refractivity (Wildman–Crippen MR) is 142 cm³/mol. The zero-order chi connectivity index (χ0) is 22.6. The van der Waals surface area contributed by atoms with E-state index in [1.165, 1.54) is 5.69 Å². The first-order valence-corrected chi connectivity index (χ1v) is 10.8. The highest BCUT2D eigenvalue weighted by Gasteiger charge is 2.03. The Morgan fingerprint density at radius 1 is 1.03 bits per heavy atom. The number of hydrogen-bond acceptors (Lipinski definition) is 5. The van der Waals surface area contributed by atoms with Crippen molar-refractivity contribution in [3.05, 3.63) is 71.7 Å². The third-order valence-corrected chi connectivity index (χ3v) is 4.77. The third-order valence-electron chi connectivity index (χ3n) is 4.77. The molecule has 178 valence electrons. The molecule has 9 heteroatoms. The first-order valence-electron chi connectivity index (χ1n) is 10.8. The van der Waals surface area contributed by atoms with Crippen LogP contribution in [-0.4, -0.2) is 47.5 Å². The minimum atomic E-state index is 0. The molecular formula is C24H33IN6O2. The lowest BCUT2D eigenvalue weighted by Gasteiger charge is -2.12. The van der Waals surface area contributed by atoms with Gasteiger partial charge in [0.05, 0.1) is 5.69 Å². The lowest BCUT2D eigenvalue weighted by atomic mass is 10.3. The van der Waals surface area contributed by atoms with Crippen LogP contribution in [0.5, 0.6) is 11.6 Å². The number of para-hydroxylation sites is 1. The zero-order valence-electron chi connectivity index (χ0n) is 19.5. The van der Waals surface area contributed by atoms with Crippen LogP contribution in [0.15, 0.2) is 59.7 Å². The van der Waals surface area contributed by atoms with E-state index in [1.54, 1.807) is 13.2 Å². The summed E-state index contributed by atoms with van der Waals surface area (Å²) < 4.78 is 13.3. The summed E-state index contributed by atoms with van der Waals surface area (Å²) in [6, 6.07) is 15.6. The van der Waals surface area contributed by atoms with E-state index < -0.39 is 0 Å². The summed E-state index contributed by atoms with van der Waals surface area (Å²) in [5.41, 5.74) is 3.29. The van der Waals surface area contributed by atoms with E-state index in [4.69, 9.17) is 9.47 Å². The molecule has 1 aromatic carbocycles. The fraction of sp³-hybridized carbons (Fsp3) is 0.375. The number of benzene rings is 1. The van der Waals surface area contributed by atoms with Crippen molar-refractivity contribution in [2.24, 2.45) is 4.99 Å². The molecule has 3 aromatic rings. The van der Waals surface area contributed by atoms with Gasteiger partial charge in [0, 0.05) is 44.6 Å². The maximum Gasteiger partial charge on any atom is 0.213 e. The van der Waals surface area contributed by atoms with Crippen LogP contribution in [0.4, 0.5) is 0 Å². The van der Waals surface area contributed by atoms with E-state index >= 15 is 0 Å². The summed E-state index contributed by atoms with van der Waals surface area (Å²) in [5, 5.41) is 11.1. The highest BCUT2D eigenvalue weighted by Crippen LogP contribution is 2.10. The summed E-state index contributed by atoms with van der Waals surface area (Å²) in [7, 11) is 1.77. The van der Waals surface area contributed by atoms with E-state index in [0.717, 1.165) is 42.5 Å². The molecular weight excluding hydrogens is 531 g/mol. The minimum Gasteiger partial charge on any atom is -0.490 e. The Hall–Kier alpha value is -2.82. The largest absolute Gasteiger partial charge is 0.490 e. The maximum absolute atomic E-state index is 5.64. The van der Waals surface area contributed by atoms with E-state index in [-0.39, 0.29) is 24.0 Å². The molecule has 0 fully saturated rings. The zero-order valence-corrected chi connectivity index (χ0v) is 21.8. The van der Waals surface area contributed by atoms with Crippen molar-refractivity contribution < 1.29 is 9.47 Å². The molecule has 33 heavy (non-hydrogen) atoms. The standard InChI is InChI=1S/C24H32N6O2.HI/c1-19-16-20(2)30(29-19)13-7-12-26-24(25-3)28-18-21-10-11-23(27-17-21)32-15-14-31-22-8-5-4-6-9-22;/h4-6,8-11,16-17H,7,12-15,18H2,1-3H3,(H2,25,26,28);1H. The summed E-state index contributed by atoms with van der Waals surface area (Å²) in [6.07, 6.45) is 2.76. The lowest BCUT2D eigenvalue weighted by molar-refractivity contribution is 0.212. The van der Waals surface area contributed by atoms with Gasteiger partial charge in [-0.3, -0.25) is 9.67 Å². The first kappa shape index (κ1) is 26.4. The molecule has 2 heterocycles. The highest BCUT2D eigenvalue weighted by molar-refractivity contribution is 14.0. The normalized spacial score (nSPS) is 10.9. The number of pyridine rings is 1. The number of aryl methyl sites for hydroxylation is 3. The van der Waals surface area contributed by atoms with Gasteiger partial charge in [0.1, 0.15) is 19.0 Å². The number of nitrogens with one attached hydrogen (secondary N) is 2. The number of guanidine groups is 1. The Kier molecular flexibility index (Phi) is 11.5. The van der Waals surface area contributed by atoms with Crippen molar-refractivity contribution >= 4 is 29.9 Å². The number of rotatable bonds is 11. The average molecular weight is 564 g/mol. The second-order valence-corrected chi connectivity index (χ2v) is 7.37. The Balaban J connectivity index is 0.00000385. The van der Waals surface area contributed by atoms with Crippen LogP contribution < -0.4 is 20.1 Å². The van der Waals surface area contributed by atoms with Gasteiger partial charge in [0.25, 0.3) is 0 Å². The van der Waals surface area contributed by atoms with Crippen molar-refractivity contribution in [3.63, 3.8) is 0 Å². The molecule has 0 aliphatic heterocycles. The first-order chi connectivity index (χ1) is 15.6. The van der Waals surface area contributed by atoms with Crippen molar-refractivity contribution in [3.8, 4) is 11.6 Å². The molecule has 2 aromatic heterocycles. The van der Waals surface area contributed by atoms with Gasteiger partial charge < -0.3 is 20.1 Å². The highest BCUT2D eigenvalue weighted by atomic mass is 127. The van der Waals surface area contributed by atoms with Crippen molar-refractivity contribution in [1.29, 1.82) is 0 Å². The van der Waals surface area contributed by atoms with Gasteiger partial charge in [-0.05, 0) is 44.0 Å². The SMILES string of the molecule is CN=C(NCCCn1nc(C)cc1C)NCc1ccc(OCCOc2ccccc2)nc1.I. The quantitative estimate of drug-likeness (QED) is 0.160. The summed E-state index contributed by atoms with van der Waals surface area (Å²) in [5.74, 6) is 2.17. The molecule has 0 bridgehead atoms. The number of ether oxygens (including phenoxy) is 2. The van der Waals surface area contributed by atoms with Gasteiger partial charge in [-0.25, -0.2) is 4.98 Å². The van der Waals surface area contributed by atoms with Crippen LogP contribution >= 0.6 is 24.0 Å². The fourth-order valence-corrected chi connectivity index (χ4v) is 3.17. The van der Waals surface area contributed by atoms with E-state index in [2.05, 4.69) is 38.7 Å². The van der Waals surface area contributed by atoms with Gasteiger partial charge in [-0.2, -0.15) is 5.10 Å². The van der Waals surface area contributed by atoms with Gasteiger partial charge in [-0.1, -0.05) is 24.3 Å². The molecule has 0 atom stereocenters. The summed E-state index contributed by atoms with van der Waals surface area (Å²) >= 11 is 0. The van der Waals surface area contributed by atoms with Crippen molar-refractivity contribution in [2.45, 2.75) is 33.4 Å². The van der Waals surface area contributed by atoms with E-state index in [1.807, 2.05) is 54.1 Å². The number of halogens is 1. The second kappa shape index (κ2) is 14.4. The van der Waals surface area contributed by atoms with Crippen LogP contribution in [0, 0.1) is 13.8 Å². The molecule has 0 unspecified atom stereocenters. The van der Waals surface area contributed by atoms with E-state index in [0.29, 0.717) is 25.6 Å². The van der Waals surface area contributed by atoms with Gasteiger partial charge in [-0.15, -0.1) is 24.0 Å². The smallest absolute Gasteiger partial charge is 0.213 e. The molecule has 2 N–H and O–H groups in total. The molecule has 0 saturated heterocycles. The van der Waals surface area contributed by atoms with Crippen LogP contribution in [0.3, 0.4) is 0 Å². The Bertz CT molecular complexity index is 976. The van der Waals surface area contributed by atoms with Crippen molar-refractivity contribution in [1.82, 2.24) is 25.4 Å². The van der Waals surface area contributed by atoms with Crippen LogP contribution in [0.2, 0.25) is 0 Å². The fourth-order valence-electron chi connectivity index (χ4n) is 3.17. The molecule has 0 amide bonds. The predicted octanol–water partition coefficient (Wildman–Crippen LogP) is 3.73. The average Bonchev–Trinajstić information content (AvgIpc) is 3.14.